The number of ether oxygens (including phenoxy) is 2. The largest absolute Gasteiger partial charge is 0.490 e. The summed E-state index contributed by atoms with van der Waals surface area (Å²) in [5, 5.41) is 0. The lowest BCUT2D eigenvalue weighted by atomic mass is 10.2. The lowest BCUT2D eigenvalue weighted by Crippen LogP contribution is -2.27. The summed E-state index contributed by atoms with van der Waals surface area (Å²) in [4.78, 5) is 14.5. The first-order valence-electron chi connectivity index (χ1n) is 7.47. The number of carbonyl (C=O) groups excluding carboxylic acids is 1. The molecule has 0 spiro atoms. The summed E-state index contributed by atoms with van der Waals surface area (Å²) < 4.78 is 11.7. The lowest BCUT2D eigenvalue weighted by Gasteiger charge is -2.12. The molecular weight excluding hydrogens is 342 g/mol. The number of hydrogen-bond acceptors (Lipinski definition) is 5. The molecule has 0 N–H and O–H groups in total. The molecule has 1 fully saturated rings. The third-order valence-corrected chi connectivity index (χ3v) is 4.49. The first kappa shape index (κ1) is 18.3. The topological polar surface area (TPSA) is 38.8 Å². The lowest BCUT2D eigenvalue weighted by molar-refractivity contribution is -0.121. The number of thiocarbonyl (C=S) groups is 1. The highest BCUT2D eigenvalue weighted by molar-refractivity contribution is 8.26. The zero-order valence-electron chi connectivity index (χ0n) is 13.5. The van der Waals surface area contributed by atoms with Gasteiger partial charge in [0, 0.05) is 6.54 Å². The van der Waals surface area contributed by atoms with Crippen LogP contribution in [0.15, 0.2) is 48.4 Å². The van der Waals surface area contributed by atoms with E-state index in [2.05, 4.69) is 13.2 Å². The zero-order valence-corrected chi connectivity index (χ0v) is 15.1. The molecule has 1 aromatic rings. The fraction of sp³-hybridized carbons (Fsp3) is 0.222. The predicted molar refractivity (Wildman–Crippen MR) is 103 cm³/mol. The summed E-state index contributed by atoms with van der Waals surface area (Å²) in [6.45, 7) is 10.5. The smallest absolute Gasteiger partial charge is 0.266 e. The Kier molecular flexibility index (Phi) is 6.63. The van der Waals surface area contributed by atoms with Crippen LogP contribution in [0, 0.1) is 0 Å². The highest BCUT2D eigenvalue weighted by Gasteiger charge is 2.30. The van der Waals surface area contributed by atoms with Crippen molar-refractivity contribution in [2.24, 2.45) is 0 Å². The quantitative estimate of drug-likeness (QED) is 0.397. The van der Waals surface area contributed by atoms with Crippen LogP contribution < -0.4 is 9.47 Å². The van der Waals surface area contributed by atoms with E-state index in [-0.39, 0.29) is 5.91 Å². The van der Waals surface area contributed by atoms with E-state index in [1.807, 2.05) is 31.2 Å². The molecular formula is C18H19NO3S2. The molecule has 0 radical (unpaired) electrons. The monoisotopic (exact) mass is 361 g/mol. The fourth-order valence-corrected chi connectivity index (χ4v) is 3.36. The van der Waals surface area contributed by atoms with Gasteiger partial charge in [0.05, 0.1) is 11.5 Å². The molecule has 6 heteroatoms. The summed E-state index contributed by atoms with van der Waals surface area (Å²) >= 11 is 6.53. The Morgan fingerprint density at radius 2 is 2.04 bits per heavy atom. The second kappa shape index (κ2) is 8.70. The Hall–Kier alpha value is -2.05. The summed E-state index contributed by atoms with van der Waals surface area (Å²) in [5.41, 5.74) is 0.850. The molecule has 4 nitrogen and oxygen atoms in total. The molecule has 1 aromatic carbocycles. The third-order valence-electron chi connectivity index (χ3n) is 3.11. The summed E-state index contributed by atoms with van der Waals surface area (Å²) in [6.07, 6.45) is 5.14. The van der Waals surface area contributed by atoms with Crippen LogP contribution in [0.4, 0.5) is 0 Å². The van der Waals surface area contributed by atoms with Crippen molar-refractivity contribution in [1.29, 1.82) is 0 Å². The molecule has 1 heterocycles. The summed E-state index contributed by atoms with van der Waals surface area (Å²) in [7, 11) is 0. The summed E-state index contributed by atoms with van der Waals surface area (Å²) in [5.74, 6) is 1.18. The van der Waals surface area contributed by atoms with E-state index in [0.717, 1.165) is 5.56 Å². The van der Waals surface area contributed by atoms with Crippen molar-refractivity contribution in [3.63, 3.8) is 0 Å². The molecule has 1 saturated heterocycles. The van der Waals surface area contributed by atoms with Gasteiger partial charge in [0.15, 0.2) is 11.5 Å². The van der Waals surface area contributed by atoms with Gasteiger partial charge in [-0.1, -0.05) is 48.8 Å². The van der Waals surface area contributed by atoms with Crippen molar-refractivity contribution >= 4 is 40.3 Å². The molecule has 0 unspecified atom stereocenters. The molecule has 0 bridgehead atoms. The maximum atomic E-state index is 12.4. The van der Waals surface area contributed by atoms with Crippen LogP contribution in [0.5, 0.6) is 11.5 Å². The minimum atomic E-state index is -0.102. The van der Waals surface area contributed by atoms with Gasteiger partial charge in [0.2, 0.25) is 0 Å². The van der Waals surface area contributed by atoms with Crippen LogP contribution in [0.1, 0.15) is 12.5 Å². The molecule has 1 aliphatic heterocycles. The Morgan fingerprint density at radius 1 is 1.25 bits per heavy atom. The van der Waals surface area contributed by atoms with Gasteiger partial charge in [0.25, 0.3) is 5.91 Å². The first-order chi connectivity index (χ1) is 11.6. The number of amides is 1. The standard InChI is InChI=1S/C18H19NO3S2/c1-4-9-19-17(20)16(24-18(19)23)12-13-7-8-14(22-10-5-2)15(11-13)21-6-3/h4-5,7-8,11-12H,1-2,6,9-10H2,3H3/b16-12-. The van der Waals surface area contributed by atoms with Crippen LogP contribution in [0.2, 0.25) is 0 Å². The average Bonchev–Trinajstić information content (AvgIpc) is 2.82. The highest BCUT2D eigenvalue weighted by Crippen LogP contribution is 2.34. The van der Waals surface area contributed by atoms with Crippen LogP contribution in [0.3, 0.4) is 0 Å². The van der Waals surface area contributed by atoms with Gasteiger partial charge >= 0.3 is 0 Å². The van der Waals surface area contributed by atoms with E-state index in [0.29, 0.717) is 40.5 Å². The van der Waals surface area contributed by atoms with Crippen molar-refractivity contribution in [2.75, 3.05) is 19.8 Å². The molecule has 0 aliphatic carbocycles. The van der Waals surface area contributed by atoms with E-state index in [9.17, 15) is 4.79 Å². The number of nitrogens with zero attached hydrogens (tertiary/aromatic N) is 1. The molecule has 0 atom stereocenters. The molecule has 24 heavy (non-hydrogen) atoms. The van der Waals surface area contributed by atoms with Crippen molar-refractivity contribution in [3.05, 3.63) is 54.0 Å². The van der Waals surface area contributed by atoms with Gasteiger partial charge in [0.1, 0.15) is 10.9 Å². The van der Waals surface area contributed by atoms with Crippen molar-refractivity contribution in [3.8, 4) is 11.5 Å². The SMILES string of the molecule is C=CCOc1ccc(/C=C2\SC(=S)N(CC=C)C2=O)cc1OCC. The molecule has 2 rings (SSSR count). The van der Waals surface area contributed by atoms with E-state index >= 15 is 0 Å². The first-order valence-corrected chi connectivity index (χ1v) is 8.70. The van der Waals surface area contributed by atoms with Crippen molar-refractivity contribution in [2.45, 2.75) is 6.92 Å². The molecule has 1 aliphatic rings. The van der Waals surface area contributed by atoms with Gasteiger partial charge in [-0.3, -0.25) is 9.69 Å². The van der Waals surface area contributed by atoms with Crippen molar-refractivity contribution < 1.29 is 14.3 Å². The zero-order chi connectivity index (χ0) is 17.5. The number of rotatable bonds is 8. The number of hydrogen-bond donors (Lipinski definition) is 0. The summed E-state index contributed by atoms with van der Waals surface area (Å²) in [6, 6.07) is 5.55. The van der Waals surface area contributed by atoms with E-state index in [1.54, 1.807) is 12.2 Å². The average molecular weight is 361 g/mol. The molecule has 126 valence electrons. The Bertz CT molecular complexity index is 698. The van der Waals surface area contributed by atoms with Crippen LogP contribution in [-0.4, -0.2) is 34.9 Å². The minimum Gasteiger partial charge on any atom is -0.490 e. The van der Waals surface area contributed by atoms with E-state index < -0.39 is 0 Å². The van der Waals surface area contributed by atoms with Crippen LogP contribution >= 0.6 is 24.0 Å². The second-order valence-electron chi connectivity index (χ2n) is 4.82. The molecule has 1 amide bonds. The highest BCUT2D eigenvalue weighted by atomic mass is 32.2. The maximum Gasteiger partial charge on any atom is 0.266 e. The van der Waals surface area contributed by atoms with Gasteiger partial charge in [-0.15, -0.1) is 6.58 Å². The van der Waals surface area contributed by atoms with Crippen molar-refractivity contribution in [1.82, 2.24) is 4.90 Å². The Labute approximate surface area is 151 Å². The van der Waals surface area contributed by atoms with E-state index in [1.165, 1.54) is 16.7 Å². The Morgan fingerprint density at radius 3 is 2.71 bits per heavy atom. The number of benzene rings is 1. The van der Waals surface area contributed by atoms with Gasteiger partial charge in [-0.05, 0) is 30.7 Å². The fourth-order valence-electron chi connectivity index (χ4n) is 2.09. The molecule has 0 aromatic heterocycles. The van der Waals surface area contributed by atoms with Gasteiger partial charge in [-0.2, -0.15) is 0 Å². The molecule has 0 saturated carbocycles. The number of carbonyl (C=O) groups is 1. The predicted octanol–water partition coefficient (Wildman–Crippen LogP) is 4.04. The van der Waals surface area contributed by atoms with Gasteiger partial charge < -0.3 is 9.47 Å². The normalized spacial score (nSPS) is 15.7. The third kappa shape index (κ3) is 4.27. The number of thioether (sulfide) groups is 1. The Balaban J connectivity index is 2.27. The maximum absolute atomic E-state index is 12.4. The van der Waals surface area contributed by atoms with E-state index in [4.69, 9.17) is 21.7 Å². The minimum absolute atomic E-state index is 0.102. The van der Waals surface area contributed by atoms with Crippen LogP contribution in [-0.2, 0) is 4.79 Å². The van der Waals surface area contributed by atoms with Gasteiger partial charge in [-0.25, -0.2) is 0 Å². The second-order valence-corrected chi connectivity index (χ2v) is 6.50. The van der Waals surface area contributed by atoms with Crippen LogP contribution in [0.25, 0.3) is 6.08 Å².